The average molecular weight is 516 g/mol. The van der Waals surface area contributed by atoms with Crippen LogP contribution in [0.5, 0.6) is 10.9 Å². The Bertz CT molecular complexity index is 1400. The molecule has 0 atom stereocenters. The Morgan fingerprint density at radius 2 is 2.03 bits per heavy atom. The van der Waals surface area contributed by atoms with E-state index in [9.17, 15) is 18.7 Å². The Morgan fingerprint density at radius 1 is 1.22 bits per heavy atom. The van der Waals surface area contributed by atoms with Gasteiger partial charge in [-0.3, -0.25) is 10.1 Å². The summed E-state index contributed by atoms with van der Waals surface area (Å²) in [7, 11) is 1.39. The van der Waals surface area contributed by atoms with E-state index in [2.05, 4.69) is 20.6 Å². The van der Waals surface area contributed by atoms with Crippen LogP contribution in [-0.2, 0) is 0 Å². The van der Waals surface area contributed by atoms with Gasteiger partial charge in [0.1, 0.15) is 17.1 Å². The molecule has 1 aromatic carbocycles. The largest absolute Gasteiger partial charge is 0.496 e. The Morgan fingerprint density at radius 3 is 2.81 bits per heavy atom. The molecular weight excluding hydrogens is 492 g/mol. The molecule has 1 saturated carbocycles. The number of ether oxygens (including phenoxy) is 2. The highest BCUT2D eigenvalue weighted by molar-refractivity contribution is 7.17. The van der Waals surface area contributed by atoms with Crippen LogP contribution in [0.15, 0.2) is 36.7 Å². The molecule has 12 heteroatoms. The molecule has 0 aliphatic heterocycles. The molecule has 2 N–H and O–H groups in total. The monoisotopic (exact) mass is 515 g/mol. The maximum absolute atomic E-state index is 14.9. The van der Waals surface area contributed by atoms with E-state index in [1.807, 2.05) is 0 Å². The lowest BCUT2D eigenvalue weighted by atomic mass is 9.88. The molecule has 0 spiro atoms. The van der Waals surface area contributed by atoms with Gasteiger partial charge in [0.25, 0.3) is 11.1 Å². The minimum Gasteiger partial charge on any atom is -0.496 e. The highest BCUT2D eigenvalue weighted by Crippen LogP contribution is 2.36. The van der Waals surface area contributed by atoms with Crippen LogP contribution < -0.4 is 14.8 Å². The van der Waals surface area contributed by atoms with E-state index < -0.39 is 17.5 Å². The van der Waals surface area contributed by atoms with Crippen molar-refractivity contribution in [3.63, 3.8) is 0 Å². The lowest BCUT2D eigenvalue weighted by Crippen LogP contribution is -2.22. The van der Waals surface area contributed by atoms with Gasteiger partial charge in [0.15, 0.2) is 5.82 Å². The van der Waals surface area contributed by atoms with Gasteiger partial charge in [-0.15, -0.1) is 5.10 Å². The van der Waals surface area contributed by atoms with E-state index in [-0.39, 0.29) is 39.2 Å². The third-order valence-electron chi connectivity index (χ3n) is 6.20. The summed E-state index contributed by atoms with van der Waals surface area (Å²) < 4.78 is 41.4. The maximum Gasteiger partial charge on any atom is 0.295 e. The van der Waals surface area contributed by atoms with E-state index >= 15 is 0 Å². The standard InChI is InChI=1S/C24H23F2N5O4S/c1-34-20-4-2-3-17(25)21(20)16-11-31-19(18(26)10-27-31)9-15(16)22(33)28-23-29-30-24(36-23)35-12-13-5-7-14(32)8-6-13/h2-4,9-11,13-14,32H,5-8,12H2,1H3,(H,28,29,33). The molecule has 1 fully saturated rings. The van der Waals surface area contributed by atoms with Crippen molar-refractivity contribution in [1.29, 1.82) is 0 Å². The number of hydrogen-bond acceptors (Lipinski definition) is 8. The van der Waals surface area contributed by atoms with Crippen molar-refractivity contribution in [1.82, 2.24) is 19.8 Å². The van der Waals surface area contributed by atoms with Crippen molar-refractivity contribution < 1.29 is 28.2 Å². The first-order chi connectivity index (χ1) is 17.4. The molecule has 1 aliphatic rings. The van der Waals surface area contributed by atoms with E-state index in [1.54, 1.807) is 6.07 Å². The third kappa shape index (κ3) is 4.86. The molecule has 0 saturated heterocycles. The maximum atomic E-state index is 14.9. The van der Waals surface area contributed by atoms with Gasteiger partial charge in [0, 0.05) is 11.8 Å². The number of pyridine rings is 1. The van der Waals surface area contributed by atoms with Crippen molar-refractivity contribution in [3.05, 3.63) is 53.9 Å². The number of anilines is 1. The molecule has 4 aromatic rings. The van der Waals surface area contributed by atoms with Gasteiger partial charge in [0.05, 0.1) is 37.1 Å². The molecule has 3 aromatic heterocycles. The van der Waals surface area contributed by atoms with Crippen molar-refractivity contribution in [2.24, 2.45) is 5.92 Å². The first-order valence-electron chi connectivity index (χ1n) is 11.4. The van der Waals surface area contributed by atoms with Crippen LogP contribution >= 0.6 is 11.3 Å². The molecule has 9 nitrogen and oxygen atoms in total. The summed E-state index contributed by atoms with van der Waals surface area (Å²) in [5, 5.41) is 24.6. The summed E-state index contributed by atoms with van der Waals surface area (Å²) in [4.78, 5) is 13.3. The predicted molar refractivity (Wildman–Crippen MR) is 128 cm³/mol. The van der Waals surface area contributed by atoms with Gasteiger partial charge in [-0.2, -0.15) is 5.10 Å². The minimum absolute atomic E-state index is 0.00346. The van der Waals surface area contributed by atoms with Crippen molar-refractivity contribution in [3.8, 4) is 22.1 Å². The van der Waals surface area contributed by atoms with E-state index in [0.717, 1.165) is 43.2 Å². The average Bonchev–Trinajstić information content (AvgIpc) is 3.48. The highest BCUT2D eigenvalue weighted by Gasteiger charge is 2.24. The SMILES string of the molecule is COc1cccc(F)c1-c1cn2ncc(F)c2cc1C(=O)Nc1nnc(OCC2CCC(O)CC2)s1. The van der Waals surface area contributed by atoms with Crippen LogP contribution in [0.2, 0.25) is 0 Å². The number of nitrogens with zero attached hydrogens (tertiary/aromatic N) is 4. The summed E-state index contributed by atoms with van der Waals surface area (Å²) in [6.45, 7) is 0.448. The number of benzene rings is 1. The van der Waals surface area contributed by atoms with Crippen LogP contribution in [0, 0.1) is 17.6 Å². The molecule has 3 heterocycles. The smallest absolute Gasteiger partial charge is 0.295 e. The molecule has 1 aliphatic carbocycles. The normalized spacial score (nSPS) is 17.8. The van der Waals surface area contributed by atoms with Crippen LogP contribution in [0.25, 0.3) is 16.6 Å². The van der Waals surface area contributed by atoms with Gasteiger partial charge >= 0.3 is 0 Å². The fourth-order valence-corrected chi connectivity index (χ4v) is 4.90. The Balaban J connectivity index is 1.40. The van der Waals surface area contributed by atoms with Gasteiger partial charge < -0.3 is 14.6 Å². The first-order valence-corrected chi connectivity index (χ1v) is 12.2. The van der Waals surface area contributed by atoms with E-state index in [0.29, 0.717) is 17.7 Å². The summed E-state index contributed by atoms with van der Waals surface area (Å²) in [6, 6.07) is 5.60. The fourth-order valence-electron chi connectivity index (χ4n) is 4.30. The van der Waals surface area contributed by atoms with Crippen LogP contribution in [0.3, 0.4) is 0 Å². The van der Waals surface area contributed by atoms with Gasteiger partial charge in [-0.1, -0.05) is 11.2 Å². The van der Waals surface area contributed by atoms with Crippen LogP contribution in [0.1, 0.15) is 36.0 Å². The number of aliphatic hydroxyl groups excluding tert-OH is 1. The second-order valence-electron chi connectivity index (χ2n) is 8.55. The molecule has 0 bridgehead atoms. The Labute approximate surface area is 208 Å². The van der Waals surface area contributed by atoms with Crippen LogP contribution in [0.4, 0.5) is 13.9 Å². The Kier molecular flexibility index (Phi) is 6.79. The molecule has 188 valence electrons. The number of carbonyl (C=O) groups excluding carboxylic acids is 1. The molecule has 36 heavy (non-hydrogen) atoms. The molecule has 5 rings (SSSR count). The lowest BCUT2D eigenvalue weighted by Gasteiger charge is -2.24. The third-order valence-corrected chi connectivity index (χ3v) is 6.96. The topological polar surface area (TPSA) is 111 Å². The highest BCUT2D eigenvalue weighted by atomic mass is 32.1. The minimum atomic E-state index is -0.637. The molecule has 0 unspecified atom stereocenters. The molecule has 1 amide bonds. The number of methoxy groups -OCH3 is 1. The molecular formula is C24H23F2N5O4S. The van der Waals surface area contributed by atoms with Crippen LogP contribution in [-0.4, -0.2) is 50.6 Å². The number of nitrogens with one attached hydrogen (secondary N) is 1. The number of rotatable bonds is 7. The van der Waals surface area contributed by atoms with E-state index in [4.69, 9.17) is 9.47 Å². The van der Waals surface area contributed by atoms with Gasteiger partial charge in [0.2, 0.25) is 5.13 Å². The van der Waals surface area contributed by atoms with Crippen molar-refractivity contribution in [2.45, 2.75) is 31.8 Å². The zero-order valence-electron chi connectivity index (χ0n) is 19.3. The summed E-state index contributed by atoms with van der Waals surface area (Å²) in [5.41, 5.74) is 0.266. The number of aliphatic hydroxyl groups is 1. The summed E-state index contributed by atoms with van der Waals surface area (Å²) >= 11 is 1.05. The lowest BCUT2D eigenvalue weighted by molar-refractivity contribution is 0.0915. The first kappa shape index (κ1) is 24.1. The summed E-state index contributed by atoms with van der Waals surface area (Å²) in [5.74, 6) is -1.35. The van der Waals surface area contributed by atoms with Crippen molar-refractivity contribution in [2.75, 3.05) is 19.0 Å². The quantitative estimate of drug-likeness (QED) is 0.377. The molecule has 0 radical (unpaired) electrons. The Hall–Kier alpha value is -3.64. The number of halogens is 2. The van der Waals surface area contributed by atoms with Gasteiger partial charge in [-0.05, 0) is 61.1 Å². The zero-order chi connectivity index (χ0) is 25.2. The number of hydrogen-bond donors (Lipinski definition) is 2. The number of amides is 1. The predicted octanol–water partition coefficient (Wildman–Crippen LogP) is 4.32. The number of fused-ring (bicyclic) bond motifs is 1. The van der Waals surface area contributed by atoms with Crippen molar-refractivity contribution >= 4 is 27.9 Å². The van der Waals surface area contributed by atoms with E-state index in [1.165, 1.54) is 36.0 Å². The second kappa shape index (κ2) is 10.2. The summed E-state index contributed by atoms with van der Waals surface area (Å²) in [6.07, 6.45) is 5.41. The van der Waals surface area contributed by atoms with Gasteiger partial charge in [-0.25, -0.2) is 13.3 Å². The number of carbonyl (C=O) groups is 1. The second-order valence-corrected chi connectivity index (χ2v) is 9.49. The number of aromatic nitrogens is 4. The zero-order valence-corrected chi connectivity index (χ0v) is 20.1. The fraction of sp³-hybridized carbons (Fsp3) is 0.333.